The van der Waals surface area contributed by atoms with E-state index in [9.17, 15) is 0 Å². The van der Waals surface area contributed by atoms with Gasteiger partial charge in [0, 0.05) is 25.7 Å². The van der Waals surface area contributed by atoms with Crippen LogP contribution in [0.2, 0.25) is 0 Å². The molecule has 4 nitrogen and oxygen atoms in total. The second-order valence-corrected chi connectivity index (χ2v) is 4.78. The van der Waals surface area contributed by atoms with E-state index in [1.807, 2.05) is 6.07 Å². The van der Waals surface area contributed by atoms with Crippen LogP contribution in [-0.2, 0) is 13.5 Å². The molecule has 1 aliphatic heterocycles. The van der Waals surface area contributed by atoms with Gasteiger partial charge in [-0.15, -0.1) is 0 Å². The molecule has 1 atom stereocenters. The minimum Gasteiger partial charge on any atom is -0.330 e. The number of nitrogens with one attached hydrogen (secondary N) is 1. The normalized spacial score (nSPS) is 20.9. The second-order valence-electron chi connectivity index (χ2n) is 4.78. The van der Waals surface area contributed by atoms with Crippen molar-refractivity contribution in [3.8, 4) is 0 Å². The molecule has 3 heterocycles. The number of aromatic nitrogens is 3. The standard InChI is InChI=1S/C13H18N4/c1-17-11-6-4-8-15-13(11)16-12(17)9-10-5-2-3-7-14-10/h4,6,8,10,14H,2-3,5,7,9H2,1H3. The summed E-state index contributed by atoms with van der Waals surface area (Å²) in [6, 6.07) is 4.62. The molecular formula is C13H18N4. The van der Waals surface area contributed by atoms with E-state index in [2.05, 4.69) is 33.0 Å². The minimum absolute atomic E-state index is 0.583. The molecule has 0 amide bonds. The van der Waals surface area contributed by atoms with Crippen LogP contribution < -0.4 is 5.32 Å². The van der Waals surface area contributed by atoms with Crippen molar-refractivity contribution in [1.29, 1.82) is 0 Å². The number of fused-ring (bicyclic) bond motifs is 1. The molecule has 0 saturated carbocycles. The van der Waals surface area contributed by atoms with Crippen molar-refractivity contribution in [3.05, 3.63) is 24.2 Å². The van der Waals surface area contributed by atoms with Crippen molar-refractivity contribution in [1.82, 2.24) is 19.9 Å². The van der Waals surface area contributed by atoms with Gasteiger partial charge in [-0.2, -0.15) is 0 Å². The Morgan fingerprint density at radius 2 is 2.41 bits per heavy atom. The molecule has 0 aromatic carbocycles. The average molecular weight is 230 g/mol. The molecule has 3 rings (SSSR count). The molecule has 1 saturated heterocycles. The maximum absolute atomic E-state index is 4.62. The van der Waals surface area contributed by atoms with Crippen LogP contribution in [0.1, 0.15) is 25.1 Å². The highest BCUT2D eigenvalue weighted by atomic mass is 15.1. The molecule has 2 aromatic heterocycles. The Balaban J connectivity index is 1.87. The van der Waals surface area contributed by atoms with Gasteiger partial charge in [-0.3, -0.25) is 0 Å². The number of hydrogen-bond acceptors (Lipinski definition) is 3. The smallest absolute Gasteiger partial charge is 0.177 e. The summed E-state index contributed by atoms with van der Waals surface area (Å²) in [6.07, 6.45) is 6.71. The number of nitrogens with zero attached hydrogens (tertiary/aromatic N) is 3. The summed E-state index contributed by atoms with van der Waals surface area (Å²) in [6.45, 7) is 1.15. The van der Waals surface area contributed by atoms with Gasteiger partial charge in [0.15, 0.2) is 5.65 Å². The molecule has 0 aliphatic carbocycles. The van der Waals surface area contributed by atoms with Gasteiger partial charge in [0.1, 0.15) is 5.82 Å². The first-order valence-corrected chi connectivity index (χ1v) is 6.34. The Labute approximate surface area is 101 Å². The molecular weight excluding hydrogens is 212 g/mol. The number of rotatable bonds is 2. The van der Waals surface area contributed by atoms with Crippen molar-refractivity contribution in [2.75, 3.05) is 6.54 Å². The lowest BCUT2D eigenvalue weighted by Gasteiger charge is -2.22. The summed E-state index contributed by atoms with van der Waals surface area (Å²) in [5.74, 6) is 1.14. The zero-order valence-corrected chi connectivity index (χ0v) is 10.2. The molecule has 0 spiro atoms. The van der Waals surface area contributed by atoms with Crippen LogP contribution in [0.25, 0.3) is 11.2 Å². The minimum atomic E-state index is 0.583. The van der Waals surface area contributed by atoms with Crippen LogP contribution in [0.3, 0.4) is 0 Å². The van der Waals surface area contributed by atoms with Crippen LogP contribution in [0.4, 0.5) is 0 Å². The third kappa shape index (κ3) is 2.05. The number of pyridine rings is 1. The van der Waals surface area contributed by atoms with Gasteiger partial charge in [0.05, 0.1) is 5.52 Å². The summed E-state index contributed by atoms with van der Waals surface area (Å²) in [5, 5.41) is 3.57. The van der Waals surface area contributed by atoms with Crippen molar-refractivity contribution >= 4 is 11.2 Å². The Kier molecular flexibility index (Phi) is 2.81. The van der Waals surface area contributed by atoms with E-state index < -0.39 is 0 Å². The summed E-state index contributed by atoms with van der Waals surface area (Å²) >= 11 is 0. The lowest BCUT2D eigenvalue weighted by Crippen LogP contribution is -2.36. The van der Waals surface area contributed by atoms with Gasteiger partial charge in [0.25, 0.3) is 0 Å². The van der Waals surface area contributed by atoms with Crippen molar-refractivity contribution in [2.24, 2.45) is 7.05 Å². The first-order chi connectivity index (χ1) is 8.34. The van der Waals surface area contributed by atoms with Crippen LogP contribution in [0.5, 0.6) is 0 Å². The van der Waals surface area contributed by atoms with E-state index >= 15 is 0 Å². The highest BCUT2D eigenvalue weighted by molar-refractivity contribution is 5.71. The van der Waals surface area contributed by atoms with Crippen LogP contribution >= 0.6 is 0 Å². The summed E-state index contributed by atoms with van der Waals surface area (Å²) in [7, 11) is 2.08. The first-order valence-electron chi connectivity index (χ1n) is 6.34. The van der Waals surface area contributed by atoms with Gasteiger partial charge in [-0.25, -0.2) is 9.97 Å². The van der Waals surface area contributed by atoms with Crippen molar-refractivity contribution in [2.45, 2.75) is 31.7 Å². The maximum atomic E-state index is 4.62. The van der Waals surface area contributed by atoms with Gasteiger partial charge in [-0.1, -0.05) is 6.42 Å². The SMILES string of the molecule is Cn1c(CC2CCCCN2)nc2ncccc21. The highest BCUT2D eigenvalue weighted by Crippen LogP contribution is 2.16. The topological polar surface area (TPSA) is 42.7 Å². The molecule has 2 aromatic rings. The number of hydrogen-bond donors (Lipinski definition) is 1. The lowest BCUT2D eigenvalue weighted by atomic mass is 10.0. The van der Waals surface area contributed by atoms with E-state index in [1.54, 1.807) is 6.20 Å². The van der Waals surface area contributed by atoms with Crippen molar-refractivity contribution in [3.63, 3.8) is 0 Å². The zero-order chi connectivity index (χ0) is 11.7. The lowest BCUT2D eigenvalue weighted by molar-refractivity contribution is 0.392. The quantitative estimate of drug-likeness (QED) is 0.853. The molecule has 1 fully saturated rings. The van der Waals surface area contributed by atoms with E-state index in [0.717, 1.165) is 30.0 Å². The predicted molar refractivity (Wildman–Crippen MR) is 67.9 cm³/mol. The van der Waals surface area contributed by atoms with Crippen LogP contribution in [-0.4, -0.2) is 27.1 Å². The molecule has 0 radical (unpaired) electrons. The maximum Gasteiger partial charge on any atom is 0.177 e. The second kappa shape index (κ2) is 4.45. The number of imidazole rings is 1. The van der Waals surface area contributed by atoms with Gasteiger partial charge in [0.2, 0.25) is 0 Å². The van der Waals surface area contributed by atoms with Crippen LogP contribution in [0.15, 0.2) is 18.3 Å². The molecule has 1 N–H and O–H groups in total. The zero-order valence-electron chi connectivity index (χ0n) is 10.2. The number of aryl methyl sites for hydroxylation is 1. The summed E-state index contributed by atoms with van der Waals surface area (Å²) in [4.78, 5) is 8.92. The Hall–Kier alpha value is -1.42. The van der Waals surface area contributed by atoms with E-state index in [1.165, 1.54) is 19.3 Å². The fourth-order valence-electron chi connectivity index (χ4n) is 2.57. The average Bonchev–Trinajstić information content (AvgIpc) is 2.68. The van der Waals surface area contributed by atoms with E-state index in [0.29, 0.717) is 6.04 Å². The van der Waals surface area contributed by atoms with Gasteiger partial charge >= 0.3 is 0 Å². The van der Waals surface area contributed by atoms with Crippen molar-refractivity contribution < 1.29 is 0 Å². The number of piperidine rings is 1. The predicted octanol–water partition coefficient (Wildman–Crippen LogP) is 1.65. The van der Waals surface area contributed by atoms with E-state index in [4.69, 9.17) is 0 Å². The summed E-state index contributed by atoms with van der Waals surface area (Å²) < 4.78 is 2.17. The highest BCUT2D eigenvalue weighted by Gasteiger charge is 2.16. The monoisotopic (exact) mass is 230 g/mol. The Morgan fingerprint density at radius 3 is 3.18 bits per heavy atom. The van der Waals surface area contributed by atoms with Gasteiger partial charge < -0.3 is 9.88 Å². The van der Waals surface area contributed by atoms with E-state index in [-0.39, 0.29) is 0 Å². The molecule has 0 bridgehead atoms. The first kappa shape index (κ1) is 10.7. The molecule has 90 valence electrons. The Bertz CT molecular complexity index is 511. The third-order valence-corrected chi connectivity index (χ3v) is 3.59. The Morgan fingerprint density at radius 1 is 1.47 bits per heavy atom. The fourth-order valence-corrected chi connectivity index (χ4v) is 2.57. The van der Waals surface area contributed by atoms with Crippen LogP contribution in [0, 0.1) is 0 Å². The fraction of sp³-hybridized carbons (Fsp3) is 0.538. The third-order valence-electron chi connectivity index (χ3n) is 3.59. The molecule has 17 heavy (non-hydrogen) atoms. The van der Waals surface area contributed by atoms with Gasteiger partial charge in [-0.05, 0) is 31.5 Å². The molecule has 1 unspecified atom stereocenters. The summed E-state index contributed by atoms with van der Waals surface area (Å²) in [5.41, 5.74) is 1.99. The molecule has 4 heteroatoms. The molecule has 1 aliphatic rings. The largest absolute Gasteiger partial charge is 0.330 e.